The molecule has 6 rings (SSSR count). The molecule has 0 amide bonds. The van der Waals surface area contributed by atoms with E-state index in [9.17, 15) is 10.2 Å². The lowest BCUT2D eigenvalue weighted by atomic mass is 9.73. The zero-order chi connectivity index (χ0) is 30.6. The van der Waals surface area contributed by atoms with Crippen molar-refractivity contribution in [1.82, 2.24) is 0 Å². The smallest absolute Gasteiger partial charge is 0.141 e. The van der Waals surface area contributed by atoms with Crippen LogP contribution in [0.1, 0.15) is 33.4 Å². The molecule has 0 aromatic heterocycles. The third kappa shape index (κ3) is 5.05. The van der Waals surface area contributed by atoms with E-state index in [1.54, 1.807) is 14.2 Å². The van der Waals surface area contributed by atoms with Gasteiger partial charge in [-0.25, -0.2) is 0 Å². The summed E-state index contributed by atoms with van der Waals surface area (Å²) in [5.41, 5.74) is 2.80. The number of benzene rings is 6. The third-order valence-electron chi connectivity index (χ3n) is 8.32. The lowest BCUT2D eigenvalue weighted by Gasteiger charge is -2.35. The molecule has 0 fully saturated rings. The van der Waals surface area contributed by atoms with Gasteiger partial charge in [0.1, 0.15) is 22.7 Å². The number of hydrogen-bond acceptors (Lipinski definition) is 4. The van der Waals surface area contributed by atoms with Crippen molar-refractivity contribution in [2.45, 2.75) is 11.2 Å². The first-order chi connectivity index (χ1) is 21.5. The van der Waals surface area contributed by atoms with Crippen molar-refractivity contribution in [3.63, 3.8) is 0 Å². The molecule has 4 heteroatoms. The summed E-state index contributed by atoms with van der Waals surface area (Å²) in [6, 6.07) is 50.1. The minimum atomic E-state index is -1.51. The summed E-state index contributed by atoms with van der Waals surface area (Å²) in [5, 5.41) is 25.8. The Bertz CT molecular complexity index is 1700. The van der Waals surface area contributed by atoms with Gasteiger partial charge in [0, 0.05) is 11.1 Å². The number of rotatable bonds is 9. The van der Waals surface area contributed by atoms with Crippen LogP contribution >= 0.6 is 0 Å². The molecule has 0 heterocycles. The predicted molar refractivity (Wildman–Crippen MR) is 175 cm³/mol. The first kappa shape index (κ1) is 28.9. The topological polar surface area (TPSA) is 58.9 Å². The average Bonchev–Trinajstić information content (AvgIpc) is 3.11. The van der Waals surface area contributed by atoms with E-state index < -0.39 is 11.2 Å². The highest BCUT2D eigenvalue weighted by atomic mass is 16.5. The minimum Gasteiger partial charge on any atom is -0.497 e. The minimum absolute atomic E-state index is 0.689. The van der Waals surface area contributed by atoms with Gasteiger partial charge in [-0.05, 0) is 57.6 Å². The second-order valence-corrected chi connectivity index (χ2v) is 10.7. The highest BCUT2D eigenvalue weighted by Crippen LogP contribution is 2.46. The van der Waals surface area contributed by atoms with Gasteiger partial charge in [0.25, 0.3) is 0 Å². The Balaban J connectivity index is 1.62. The molecule has 6 aromatic carbocycles. The van der Waals surface area contributed by atoms with E-state index in [0.717, 1.165) is 22.3 Å². The van der Waals surface area contributed by atoms with E-state index in [0.29, 0.717) is 33.8 Å². The van der Waals surface area contributed by atoms with Crippen LogP contribution in [-0.2, 0) is 11.2 Å². The normalized spacial score (nSPS) is 13.8. The number of methoxy groups -OCH3 is 2. The Labute approximate surface area is 258 Å². The maximum Gasteiger partial charge on any atom is 0.141 e. The highest BCUT2D eigenvalue weighted by Gasteiger charge is 2.39. The molecule has 0 spiro atoms. The Morgan fingerprint density at radius 3 is 1.00 bits per heavy atom. The summed E-state index contributed by atoms with van der Waals surface area (Å²) in [6.45, 7) is 0. The molecule has 2 atom stereocenters. The van der Waals surface area contributed by atoms with Crippen LogP contribution in [0.4, 0.5) is 0 Å². The van der Waals surface area contributed by atoms with Crippen LogP contribution in [0.2, 0.25) is 0 Å². The Morgan fingerprint density at radius 1 is 0.364 bits per heavy atom. The molecule has 0 bridgehead atoms. The molecule has 0 aliphatic carbocycles. The van der Waals surface area contributed by atoms with E-state index in [4.69, 9.17) is 9.47 Å². The molecular weight excluding hydrogens is 544 g/mol. The van der Waals surface area contributed by atoms with Crippen LogP contribution in [0, 0.1) is 0 Å². The van der Waals surface area contributed by atoms with Crippen molar-refractivity contribution in [2.24, 2.45) is 0 Å². The van der Waals surface area contributed by atoms with Gasteiger partial charge in [0.15, 0.2) is 0 Å². The van der Waals surface area contributed by atoms with Crippen LogP contribution in [0.25, 0.3) is 11.1 Å². The lowest BCUT2D eigenvalue weighted by Crippen LogP contribution is -2.31. The van der Waals surface area contributed by atoms with E-state index >= 15 is 0 Å². The summed E-state index contributed by atoms with van der Waals surface area (Å²) in [5.74, 6) is 1.41. The standard InChI is InChI=1S/C40H34O4/c1-43-33-25-21-31(22-26-33)39(41,29-13-5-3-6-14-29)37-19-11-9-17-35(37)36-18-10-12-20-38(36)40(42,30-15-7-4-8-16-30)32-23-27-34(44-2)28-24-32/h3-28,41-42H,1-2H3. The van der Waals surface area contributed by atoms with Gasteiger partial charge in [0.2, 0.25) is 0 Å². The summed E-state index contributed by atoms with van der Waals surface area (Å²) >= 11 is 0. The second kappa shape index (κ2) is 12.2. The fraction of sp³-hybridized carbons (Fsp3) is 0.100. The van der Waals surface area contributed by atoms with Crippen LogP contribution in [-0.4, -0.2) is 24.4 Å². The number of hydrogen-bond donors (Lipinski definition) is 2. The Kier molecular flexibility index (Phi) is 8.03. The summed E-state index contributed by atoms with van der Waals surface area (Å²) in [7, 11) is 3.25. The monoisotopic (exact) mass is 578 g/mol. The second-order valence-electron chi connectivity index (χ2n) is 10.7. The molecule has 44 heavy (non-hydrogen) atoms. The van der Waals surface area contributed by atoms with Crippen LogP contribution in [0.5, 0.6) is 11.5 Å². The first-order valence-electron chi connectivity index (χ1n) is 14.5. The maximum atomic E-state index is 12.9. The Hall–Kier alpha value is -5.16. The average molecular weight is 579 g/mol. The van der Waals surface area contributed by atoms with Crippen LogP contribution < -0.4 is 9.47 Å². The van der Waals surface area contributed by atoms with E-state index in [2.05, 4.69) is 0 Å². The SMILES string of the molecule is COc1ccc(C(O)(c2ccccc2)c2ccccc2-c2ccccc2C(O)(c2ccccc2)c2ccc(OC)cc2)cc1. The molecule has 218 valence electrons. The van der Waals surface area contributed by atoms with Gasteiger partial charge in [0.05, 0.1) is 14.2 Å². The number of ether oxygens (including phenoxy) is 2. The van der Waals surface area contributed by atoms with Gasteiger partial charge in [-0.15, -0.1) is 0 Å². The van der Waals surface area contributed by atoms with Gasteiger partial charge in [-0.1, -0.05) is 133 Å². The van der Waals surface area contributed by atoms with Gasteiger partial charge < -0.3 is 19.7 Å². The highest BCUT2D eigenvalue weighted by molar-refractivity contribution is 5.76. The fourth-order valence-electron chi connectivity index (χ4n) is 6.05. The molecule has 0 aliphatic heterocycles. The molecule has 4 nitrogen and oxygen atoms in total. The van der Waals surface area contributed by atoms with E-state index in [1.807, 2.05) is 158 Å². The van der Waals surface area contributed by atoms with Crippen LogP contribution in [0.15, 0.2) is 158 Å². The molecular formula is C40H34O4. The molecule has 6 aromatic rings. The van der Waals surface area contributed by atoms with Crippen molar-refractivity contribution in [3.8, 4) is 22.6 Å². The summed E-state index contributed by atoms with van der Waals surface area (Å²) in [6.07, 6.45) is 0. The predicted octanol–water partition coefficient (Wildman–Crippen LogP) is 7.94. The molecule has 0 saturated heterocycles. The fourth-order valence-corrected chi connectivity index (χ4v) is 6.05. The van der Waals surface area contributed by atoms with Gasteiger partial charge in [-0.2, -0.15) is 0 Å². The van der Waals surface area contributed by atoms with Crippen molar-refractivity contribution in [3.05, 3.63) is 191 Å². The molecule has 2 unspecified atom stereocenters. The largest absolute Gasteiger partial charge is 0.497 e. The molecule has 0 radical (unpaired) electrons. The van der Waals surface area contributed by atoms with Crippen LogP contribution in [0.3, 0.4) is 0 Å². The van der Waals surface area contributed by atoms with Crippen molar-refractivity contribution >= 4 is 0 Å². The van der Waals surface area contributed by atoms with Crippen molar-refractivity contribution < 1.29 is 19.7 Å². The van der Waals surface area contributed by atoms with E-state index in [1.165, 1.54) is 0 Å². The molecule has 2 N–H and O–H groups in total. The first-order valence-corrected chi connectivity index (χ1v) is 14.5. The quantitative estimate of drug-likeness (QED) is 0.171. The summed E-state index contributed by atoms with van der Waals surface area (Å²) in [4.78, 5) is 0. The molecule has 0 saturated carbocycles. The van der Waals surface area contributed by atoms with Crippen molar-refractivity contribution in [2.75, 3.05) is 14.2 Å². The Morgan fingerprint density at radius 2 is 0.659 bits per heavy atom. The van der Waals surface area contributed by atoms with Gasteiger partial charge >= 0.3 is 0 Å². The summed E-state index contributed by atoms with van der Waals surface area (Å²) < 4.78 is 10.8. The lowest BCUT2D eigenvalue weighted by molar-refractivity contribution is 0.124. The van der Waals surface area contributed by atoms with Gasteiger partial charge in [-0.3, -0.25) is 0 Å². The zero-order valence-corrected chi connectivity index (χ0v) is 24.7. The maximum absolute atomic E-state index is 12.9. The van der Waals surface area contributed by atoms with Crippen molar-refractivity contribution in [1.29, 1.82) is 0 Å². The van der Waals surface area contributed by atoms with E-state index in [-0.39, 0.29) is 0 Å². The zero-order valence-electron chi connectivity index (χ0n) is 24.7. The number of aliphatic hydroxyl groups is 2. The third-order valence-corrected chi connectivity index (χ3v) is 8.32. The molecule has 0 aliphatic rings.